The van der Waals surface area contributed by atoms with E-state index in [-0.39, 0.29) is 11.8 Å². The van der Waals surface area contributed by atoms with Crippen LogP contribution in [-0.2, 0) is 0 Å². The summed E-state index contributed by atoms with van der Waals surface area (Å²) < 4.78 is 0. The maximum atomic E-state index is 12.6. The molecule has 0 aliphatic rings. The van der Waals surface area contributed by atoms with E-state index in [4.69, 9.17) is 0 Å². The molecule has 1 aromatic rings. The fraction of sp³-hybridized carbons (Fsp3) is 0.579. The molecule has 0 bridgehead atoms. The predicted octanol–water partition coefficient (Wildman–Crippen LogP) is 3.72. The molecule has 128 valence electrons. The lowest BCUT2D eigenvalue weighted by Crippen LogP contribution is -2.32. The molecule has 0 fully saturated rings. The number of benzene rings is 1. The third kappa shape index (κ3) is 6.43. The van der Waals surface area contributed by atoms with Crippen LogP contribution in [-0.4, -0.2) is 36.3 Å². The highest BCUT2D eigenvalue weighted by Gasteiger charge is 2.16. The van der Waals surface area contributed by atoms with E-state index in [2.05, 4.69) is 33.0 Å². The fourth-order valence-corrected chi connectivity index (χ4v) is 2.41. The lowest BCUT2D eigenvalue weighted by atomic mass is 10.1. The first-order valence-electron chi connectivity index (χ1n) is 8.67. The van der Waals surface area contributed by atoms with Gasteiger partial charge in [-0.1, -0.05) is 33.8 Å². The Morgan fingerprint density at radius 3 is 2.26 bits per heavy atom. The largest absolute Gasteiger partial charge is 0.352 e. The van der Waals surface area contributed by atoms with Crippen LogP contribution in [0.1, 0.15) is 67.7 Å². The highest BCUT2D eigenvalue weighted by Crippen LogP contribution is 2.10. The lowest BCUT2D eigenvalue weighted by molar-refractivity contribution is 0.0755. The topological polar surface area (TPSA) is 49.4 Å². The van der Waals surface area contributed by atoms with Crippen molar-refractivity contribution in [2.45, 2.75) is 47.0 Å². The van der Waals surface area contributed by atoms with E-state index >= 15 is 0 Å². The summed E-state index contributed by atoms with van der Waals surface area (Å²) in [4.78, 5) is 26.6. The zero-order valence-corrected chi connectivity index (χ0v) is 14.9. The summed E-state index contributed by atoms with van der Waals surface area (Å²) in [6.45, 7) is 10.5. The maximum Gasteiger partial charge on any atom is 0.253 e. The lowest BCUT2D eigenvalue weighted by Gasteiger charge is -2.21. The normalized spacial score (nSPS) is 10.7. The van der Waals surface area contributed by atoms with Crippen LogP contribution < -0.4 is 5.32 Å². The van der Waals surface area contributed by atoms with Crippen LogP contribution >= 0.6 is 0 Å². The van der Waals surface area contributed by atoms with Crippen molar-refractivity contribution >= 4 is 11.8 Å². The summed E-state index contributed by atoms with van der Waals surface area (Å²) in [5.41, 5.74) is 1.14. The summed E-state index contributed by atoms with van der Waals surface area (Å²) in [5.74, 6) is 0.447. The second kappa shape index (κ2) is 10.0. The van der Waals surface area contributed by atoms with Gasteiger partial charge in [0.1, 0.15) is 0 Å². The molecule has 23 heavy (non-hydrogen) atoms. The van der Waals surface area contributed by atoms with Gasteiger partial charge in [0.2, 0.25) is 0 Å². The minimum absolute atomic E-state index is 0.00512. The highest BCUT2D eigenvalue weighted by atomic mass is 16.2. The van der Waals surface area contributed by atoms with Crippen molar-refractivity contribution in [1.82, 2.24) is 10.2 Å². The molecule has 1 N–H and O–H groups in total. The summed E-state index contributed by atoms with van der Waals surface area (Å²) in [6, 6.07) is 7.02. The van der Waals surface area contributed by atoms with Gasteiger partial charge in [0.25, 0.3) is 11.8 Å². The molecule has 0 spiro atoms. The zero-order chi connectivity index (χ0) is 17.2. The van der Waals surface area contributed by atoms with Gasteiger partial charge in [-0.25, -0.2) is 0 Å². The molecule has 0 atom stereocenters. The molecule has 0 unspecified atom stereocenters. The average Bonchev–Trinajstić information content (AvgIpc) is 2.53. The summed E-state index contributed by atoms with van der Waals surface area (Å²) >= 11 is 0. The Balaban J connectivity index is 2.78. The van der Waals surface area contributed by atoms with Crippen LogP contribution in [0, 0.1) is 5.92 Å². The number of carbonyl (C=O) groups excluding carboxylic acids is 2. The van der Waals surface area contributed by atoms with Gasteiger partial charge in [-0.15, -0.1) is 0 Å². The van der Waals surface area contributed by atoms with Crippen LogP contribution in [0.3, 0.4) is 0 Å². The second-order valence-corrected chi connectivity index (χ2v) is 6.31. The van der Waals surface area contributed by atoms with Gasteiger partial charge in [0.15, 0.2) is 0 Å². The maximum absolute atomic E-state index is 12.6. The van der Waals surface area contributed by atoms with Gasteiger partial charge in [0.05, 0.1) is 0 Å². The standard InChI is InChI=1S/C19H30N2O2/c1-5-12-21(13-6-2)19(23)17-9-7-8-16(14-17)18(22)20-11-10-15(3)4/h7-9,14-15H,5-6,10-13H2,1-4H3,(H,20,22). The number of nitrogens with zero attached hydrogens (tertiary/aromatic N) is 1. The molecule has 4 nitrogen and oxygen atoms in total. The Labute approximate surface area is 140 Å². The Bertz CT molecular complexity index is 506. The van der Waals surface area contributed by atoms with Crippen LogP contribution in [0.5, 0.6) is 0 Å². The second-order valence-electron chi connectivity index (χ2n) is 6.31. The molecule has 0 aliphatic heterocycles. The molecule has 0 aliphatic carbocycles. The number of amides is 2. The van der Waals surface area contributed by atoms with Crippen molar-refractivity contribution in [2.24, 2.45) is 5.92 Å². The summed E-state index contributed by atoms with van der Waals surface area (Å²) in [7, 11) is 0. The molecular weight excluding hydrogens is 288 g/mol. The average molecular weight is 318 g/mol. The molecule has 1 aromatic carbocycles. The minimum Gasteiger partial charge on any atom is -0.352 e. The quantitative estimate of drug-likeness (QED) is 0.754. The smallest absolute Gasteiger partial charge is 0.253 e. The van der Waals surface area contributed by atoms with Gasteiger partial charge < -0.3 is 10.2 Å². The molecule has 0 radical (unpaired) electrons. The third-order valence-corrected chi connectivity index (χ3v) is 3.65. The van der Waals surface area contributed by atoms with E-state index in [1.54, 1.807) is 24.3 Å². The zero-order valence-electron chi connectivity index (χ0n) is 14.9. The number of hydrogen-bond acceptors (Lipinski definition) is 2. The van der Waals surface area contributed by atoms with Gasteiger partial charge >= 0.3 is 0 Å². The molecule has 0 heterocycles. The molecule has 4 heteroatoms. The van der Waals surface area contributed by atoms with E-state index in [0.717, 1.165) is 32.4 Å². The molecule has 2 amide bonds. The molecule has 1 rings (SSSR count). The van der Waals surface area contributed by atoms with Crippen molar-refractivity contribution in [3.8, 4) is 0 Å². The van der Waals surface area contributed by atoms with Crippen LogP contribution in [0.4, 0.5) is 0 Å². The molecular formula is C19H30N2O2. The number of nitrogens with one attached hydrogen (secondary N) is 1. The van der Waals surface area contributed by atoms with E-state index in [1.165, 1.54) is 0 Å². The minimum atomic E-state index is -0.113. The van der Waals surface area contributed by atoms with Crippen molar-refractivity contribution in [2.75, 3.05) is 19.6 Å². The Morgan fingerprint density at radius 1 is 1.09 bits per heavy atom. The van der Waals surface area contributed by atoms with E-state index in [9.17, 15) is 9.59 Å². The number of hydrogen-bond donors (Lipinski definition) is 1. The van der Waals surface area contributed by atoms with Gasteiger partial charge in [-0.2, -0.15) is 0 Å². The van der Waals surface area contributed by atoms with Crippen LogP contribution in [0.15, 0.2) is 24.3 Å². The van der Waals surface area contributed by atoms with Gasteiger partial charge in [0, 0.05) is 30.8 Å². The molecule has 0 saturated carbocycles. The van der Waals surface area contributed by atoms with E-state index in [0.29, 0.717) is 23.6 Å². The SMILES string of the molecule is CCCN(CCC)C(=O)c1cccc(C(=O)NCCC(C)C)c1. The van der Waals surface area contributed by atoms with Crippen molar-refractivity contribution in [3.05, 3.63) is 35.4 Å². The molecule has 0 saturated heterocycles. The highest BCUT2D eigenvalue weighted by molar-refractivity contribution is 5.99. The van der Waals surface area contributed by atoms with Gasteiger partial charge in [-0.3, -0.25) is 9.59 Å². The monoisotopic (exact) mass is 318 g/mol. The van der Waals surface area contributed by atoms with Gasteiger partial charge in [-0.05, 0) is 43.4 Å². The Morgan fingerprint density at radius 2 is 1.70 bits per heavy atom. The first kappa shape index (κ1) is 19.2. The first-order valence-corrected chi connectivity index (χ1v) is 8.67. The Hall–Kier alpha value is -1.84. The number of rotatable bonds is 9. The summed E-state index contributed by atoms with van der Waals surface area (Å²) in [5, 5.41) is 2.91. The van der Waals surface area contributed by atoms with Crippen molar-refractivity contribution in [3.63, 3.8) is 0 Å². The van der Waals surface area contributed by atoms with E-state index in [1.807, 2.05) is 4.90 Å². The first-order chi connectivity index (χ1) is 11.0. The van der Waals surface area contributed by atoms with Crippen molar-refractivity contribution in [1.29, 1.82) is 0 Å². The van der Waals surface area contributed by atoms with Crippen LogP contribution in [0.25, 0.3) is 0 Å². The van der Waals surface area contributed by atoms with E-state index < -0.39 is 0 Å². The predicted molar refractivity (Wildman–Crippen MR) is 94.7 cm³/mol. The fourth-order valence-electron chi connectivity index (χ4n) is 2.41. The molecule has 0 aromatic heterocycles. The van der Waals surface area contributed by atoms with Crippen LogP contribution in [0.2, 0.25) is 0 Å². The van der Waals surface area contributed by atoms with Crippen molar-refractivity contribution < 1.29 is 9.59 Å². The third-order valence-electron chi connectivity index (χ3n) is 3.65. The number of carbonyl (C=O) groups is 2. The Kier molecular flexibility index (Phi) is 8.38. The summed E-state index contributed by atoms with van der Waals surface area (Å²) in [6.07, 6.45) is 2.81.